The number of hydrogen-bond donors (Lipinski definition) is 0. The van der Waals surface area contributed by atoms with Gasteiger partial charge in [0.1, 0.15) is 0 Å². The molecule has 3 heteroatoms. The summed E-state index contributed by atoms with van der Waals surface area (Å²) in [5, 5.41) is 0. The number of ether oxygens (including phenoxy) is 1. The Bertz CT molecular complexity index is 47.0. The van der Waals surface area contributed by atoms with Crippen LogP contribution in [0.25, 0.3) is 0 Å². The van der Waals surface area contributed by atoms with E-state index in [1.54, 1.807) is 0 Å². The van der Waals surface area contributed by atoms with Gasteiger partial charge in [-0.2, -0.15) is 0 Å². The highest BCUT2D eigenvalue weighted by atomic mass is 28.2. The van der Waals surface area contributed by atoms with Gasteiger partial charge in [0.25, 0.3) is 6.47 Å². The molecule has 0 bridgehead atoms. The van der Waals surface area contributed by atoms with Crippen molar-refractivity contribution in [3.63, 3.8) is 0 Å². The number of rotatable bonds is 4. The third-order valence-electron chi connectivity index (χ3n) is 0.684. The van der Waals surface area contributed by atoms with Crippen LogP contribution in [0.4, 0.5) is 0 Å². The van der Waals surface area contributed by atoms with Crippen LogP contribution in [0.15, 0.2) is 0 Å². The summed E-state index contributed by atoms with van der Waals surface area (Å²) in [7, 11) is 0.110. The van der Waals surface area contributed by atoms with E-state index in [1.807, 2.05) is 0 Å². The predicted octanol–water partition coefficient (Wildman–Crippen LogP) is -0.205. The first-order chi connectivity index (χ1) is 3.41. The predicted molar refractivity (Wildman–Crippen MR) is 31.2 cm³/mol. The van der Waals surface area contributed by atoms with Crippen LogP contribution in [0.2, 0.25) is 12.6 Å². The van der Waals surface area contributed by atoms with Gasteiger partial charge in [-0.05, 0) is 6.04 Å². The third-order valence-corrected chi connectivity index (χ3v) is 1.68. The molecule has 0 fully saturated rings. The van der Waals surface area contributed by atoms with E-state index < -0.39 is 0 Å². The molecule has 0 spiro atoms. The molecule has 0 atom stereocenters. The van der Waals surface area contributed by atoms with Crippen molar-refractivity contribution in [2.24, 2.45) is 0 Å². The molecule has 0 radical (unpaired) electrons. The second kappa shape index (κ2) is 5.69. The lowest BCUT2D eigenvalue weighted by Crippen LogP contribution is -1.92. The van der Waals surface area contributed by atoms with Crippen LogP contribution in [-0.2, 0) is 9.53 Å². The molecule has 0 saturated heterocycles. The van der Waals surface area contributed by atoms with E-state index in [1.165, 1.54) is 0 Å². The van der Waals surface area contributed by atoms with Gasteiger partial charge in [-0.25, -0.2) is 0 Å². The lowest BCUT2D eigenvalue weighted by Gasteiger charge is -1.90. The smallest absolute Gasteiger partial charge is 0.293 e. The van der Waals surface area contributed by atoms with Crippen molar-refractivity contribution in [1.82, 2.24) is 0 Å². The normalized spacial score (nSPS) is 9.86. The third kappa shape index (κ3) is 5.69. The largest absolute Gasteiger partial charge is 0.468 e. The monoisotopic (exact) mass is 118 g/mol. The number of hydrogen-bond acceptors (Lipinski definition) is 2. The first kappa shape index (κ1) is 6.69. The lowest BCUT2D eigenvalue weighted by molar-refractivity contribution is -0.128. The lowest BCUT2D eigenvalue weighted by atomic mass is 10.9. The summed E-state index contributed by atoms with van der Waals surface area (Å²) in [5.74, 6) is 0. The van der Waals surface area contributed by atoms with Crippen molar-refractivity contribution < 1.29 is 9.53 Å². The van der Waals surface area contributed by atoms with Crippen molar-refractivity contribution in [3.8, 4) is 0 Å². The minimum absolute atomic E-state index is 0.110. The fraction of sp³-hybridized carbons (Fsp3) is 0.750. The van der Waals surface area contributed by atoms with E-state index in [0.29, 0.717) is 13.1 Å². The average Bonchev–Trinajstić information content (AvgIpc) is 1.69. The van der Waals surface area contributed by atoms with E-state index in [2.05, 4.69) is 11.3 Å². The average molecular weight is 118 g/mol. The standard InChI is InChI=1S/C4H10O2Si/c1-7-3-2-6-4-5/h4H,2-3,7H2,1H3. The fourth-order valence-electron chi connectivity index (χ4n) is 0.276. The molecule has 0 aromatic rings. The molecule has 0 unspecified atom stereocenters. The van der Waals surface area contributed by atoms with Crippen LogP contribution in [0.5, 0.6) is 0 Å². The Labute approximate surface area is 45.7 Å². The maximum Gasteiger partial charge on any atom is 0.293 e. The molecule has 0 aliphatic rings. The summed E-state index contributed by atoms with van der Waals surface area (Å²) in [6, 6.07) is 1.11. The molecule has 7 heavy (non-hydrogen) atoms. The van der Waals surface area contributed by atoms with Crippen LogP contribution in [0.1, 0.15) is 0 Å². The molecule has 0 rings (SSSR count). The number of carbonyl (C=O) groups is 1. The summed E-state index contributed by atoms with van der Waals surface area (Å²) < 4.78 is 4.43. The summed E-state index contributed by atoms with van der Waals surface area (Å²) in [6.07, 6.45) is 0. The molecular weight excluding hydrogens is 108 g/mol. The molecule has 2 nitrogen and oxygen atoms in total. The summed E-state index contributed by atoms with van der Waals surface area (Å²) in [6.45, 7) is 3.32. The Morgan fingerprint density at radius 1 is 1.86 bits per heavy atom. The maximum atomic E-state index is 9.47. The van der Waals surface area contributed by atoms with Gasteiger partial charge in [0.2, 0.25) is 0 Å². The maximum absolute atomic E-state index is 9.47. The van der Waals surface area contributed by atoms with Gasteiger partial charge in [0.15, 0.2) is 0 Å². The topological polar surface area (TPSA) is 26.3 Å². The van der Waals surface area contributed by atoms with Crippen LogP contribution < -0.4 is 0 Å². The molecule has 0 aromatic heterocycles. The molecule has 0 heterocycles. The van der Waals surface area contributed by atoms with Crippen LogP contribution >= 0.6 is 0 Å². The van der Waals surface area contributed by atoms with Crippen LogP contribution in [-0.4, -0.2) is 22.6 Å². The second-order valence-electron chi connectivity index (χ2n) is 1.32. The molecular formula is C4H10O2Si. The van der Waals surface area contributed by atoms with Crippen molar-refractivity contribution in [1.29, 1.82) is 0 Å². The van der Waals surface area contributed by atoms with E-state index in [-0.39, 0.29) is 9.52 Å². The van der Waals surface area contributed by atoms with Gasteiger partial charge in [0.05, 0.1) is 6.61 Å². The van der Waals surface area contributed by atoms with E-state index in [4.69, 9.17) is 0 Å². The van der Waals surface area contributed by atoms with Gasteiger partial charge in [0, 0.05) is 9.52 Å². The van der Waals surface area contributed by atoms with Gasteiger partial charge in [-0.15, -0.1) is 0 Å². The highest BCUT2D eigenvalue weighted by Crippen LogP contribution is 1.76. The first-order valence-electron chi connectivity index (χ1n) is 2.47. The Morgan fingerprint density at radius 2 is 2.57 bits per heavy atom. The number of carbonyl (C=O) groups excluding carboxylic acids is 1. The second-order valence-corrected chi connectivity index (χ2v) is 3.03. The van der Waals surface area contributed by atoms with E-state index >= 15 is 0 Å². The van der Waals surface area contributed by atoms with Crippen LogP contribution in [0.3, 0.4) is 0 Å². The van der Waals surface area contributed by atoms with Gasteiger partial charge in [-0.3, -0.25) is 4.79 Å². The fourth-order valence-corrected chi connectivity index (χ4v) is 0.731. The molecule has 0 saturated carbocycles. The summed E-state index contributed by atoms with van der Waals surface area (Å²) in [4.78, 5) is 9.47. The Morgan fingerprint density at radius 3 is 3.00 bits per heavy atom. The quantitative estimate of drug-likeness (QED) is 0.290. The Balaban J connectivity index is 2.56. The van der Waals surface area contributed by atoms with Crippen LogP contribution in [0, 0.1) is 0 Å². The Hall–Kier alpha value is -0.313. The van der Waals surface area contributed by atoms with Gasteiger partial charge in [-0.1, -0.05) is 6.55 Å². The van der Waals surface area contributed by atoms with E-state index in [0.717, 1.165) is 6.04 Å². The molecule has 0 N–H and O–H groups in total. The minimum atomic E-state index is 0.110. The molecule has 0 amide bonds. The van der Waals surface area contributed by atoms with Crippen molar-refractivity contribution in [2.45, 2.75) is 12.6 Å². The van der Waals surface area contributed by atoms with Crippen molar-refractivity contribution in [2.75, 3.05) is 6.61 Å². The SMILES string of the molecule is C[SiH2]CCOC=O. The van der Waals surface area contributed by atoms with E-state index in [9.17, 15) is 4.79 Å². The highest BCUT2D eigenvalue weighted by Gasteiger charge is 1.79. The molecule has 42 valence electrons. The zero-order chi connectivity index (χ0) is 5.54. The van der Waals surface area contributed by atoms with Crippen molar-refractivity contribution in [3.05, 3.63) is 0 Å². The first-order valence-corrected chi connectivity index (χ1v) is 4.88. The zero-order valence-corrected chi connectivity index (χ0v) is 5.93. The molecule has 0 aromatic carbocycles. The summed E-state index contributed by atoms with van der Waals surface area (Å²) >= 11 is 0. The van der Waals surface area contributed by atoms with Crippen molar-refractivity contribution >= 4 is 16.0 Å². The summed E-state index contributed by atoms with van der Waals surface area (Å²) in [5.41, 5.74) is 0. The minimum Gasteiger partial charge on any atom is -0.468 e. The molecule has 0 aliphatic carbocycles. The van der Waals surface area contributed by atoms with Gasteiger partial charge < -0.3 is 4.74 Å². The highest BCUT2D eigenvalue weighted by molar-refractivity contribution is 6.33. The van der Waals surface area contributed by atoms with Gasteiger partial charge >= 0.3 is 0 Å². The Kier molecular flexibility index (Phi) is 5.43. The zero-order valence-electron chi connectivity index (χ0n) is 4.52. The molecule has 0 aliphatic heterocycles.